The van der Waals surface area contributed by atoms with Gasteiger partial charge in [0.1, 0.15) is 16.8 Å². The van der Waals surface area contributed by atoms with Crippen molar-refractivity contribution < 1.29 is 27.5 Å². The average molecular weight is 554 g/mol. The van der Waals surface area contributed by atoms with E-state index in [2.05, 4.69) is 11.4 Å². The van der Waals surface area contributed by atoms with E-state index in [4.69, 9.17) is 9.47 Å². The highest BCUT2D eigenvalue weighted by Crippen LogP contribution is 2.37. The van der Waals surface area contributed by atoms with Gasteiger partial charge in [0.2, 0.25) is 0 Å². The van der Waals surface area contributed by atoms with Crippen LogP contribution in [-0.2, 0) is 32.4 Å². The Labute approximate surface area is 225 Å². The van der Waals surface area contributed by atoms with E-state index in [9.17, 15) is 23.3 Å². The van der Waals surface area contributed by atoms with E-state index in [0.29, 0.717) is 22.0 Å². The molecule has 198 valence electrons. The molecule has 1 amide bonds. The minimum atomic E-state index is -3.98. The molecule has 1 heterocycles. The topological polar surface area (TPSA) is 126 Å². The van der Waals surface area contributed by atoms with Gasteiger partial charge in [-0.25, -0.2) is 13.2 Å². The summed E-state index contributed by atoms with van der Waals surface area (Å²) in [5.41, 5.74) is 1.88. The second-order valence-electron chi connectivity index (χ2n) is 8.70. The molecule has 0 fully saturated rings. The minimum Gasteiger partial charge on any atom is -0.497 e. The largest absolute Gasteiger partial charge is 0.497 e. The third kappa shape index (κ3) is 5.82. The number of anilines is 2. The molecule has 0 spiro atoms. The van der Waals surface area contributed by atoms with Crippen molar-refractivity contribution in [1.82, 2.24) is 0 Å². The number of esters is 1. The number of sulfonamides is 1. The predicted octanol–water partition coefficient (Wildman–Crippen LogP) is 4.52. The first-order chi connectivity index (χ1) is 18.2. The second kappa shape index (κ2) is 11.7. The van der Waals surface area contributed by atoms with Crippen molar-refractivity contribution in [3.63, 3.8) is 0 Å². The highest BCUT2D eigenvalue weighted by Gasteiger charge is 2.24. The number of hydrogen-bond donors (Lipinski definition) is 1. The van der Waals surface area contributed by atoms with Crippen LogP contribution in [0.2, 0.25) is 0 Å². The Balaban J connectivity index is 1.42. The van der Waals surface area contributed by atoms with Gasteiger partial charge in [0.05, 0.1) is 28.8 Å². The molecule has 0 aliphatic heterocycles. The van der Waals surface area contributed by atoms with Crippen molar-refractivity contribution in [3.05, 3.63) is 70.1 Å². The number of nitriles is 1. The summed E-state index contributed by atoms with van der Waals surface area (Å²) in [5, 5.41) is 12.8. The van der Waals surface area contributed by atoms with Crippen LogP contribution in [0.4, 0.5) is 10.7 Å². The normalized spacial score (nSPS) is 13.0. The number of aryl methyl sites for hydroxylation is 1. The summed E-state index contributed by atoms with van der Waals surface area (Å²) in [6.45, 7) is -0.574. The lowest BCUT2D eigenvalue weighted by Crippen LogP contribution is -2.26. The zero-order valence-corrected chi connectivity index (χ0v) is 22.7. The summed E-state index contributed by atoms with van der Waals surface area (Å²) in [6, 6.07) is 14.1. The molecule has 11 heteroatoms. The molecular weight excluding hydrogens is 526 g/mol. The van der Waals surface area contributed by atoms with Crippen molar-refractivity contribution in [3.8, 4) is 11.8 Å². The highest BCUT2D eigenvalue weighted by molar-refractivity contribution is 7.92. The maximum Gasteiger partial charge on any atom is 0.338 e. The van der Waals surface area contributed by atoms with Crippen LogP contribution in [0.1, 0.15) is 45.6 Å². The van der Waals surface area contributed by atoms with Gasteiger partial charge in [-0.15, -0.1) is 11.3 Å². The van der Waals surface area contributed by atoms with Gasteiger partial charge in [-0.1, -0.05) is 12.5 Å². The van der Waals surface area contributed by atoms with Gasteiger partial charge < -0.3 is 14.8 Å². The Bertz CT molecular complexity index is 1490. The Kier molecular flexibility index (Phi) is 8.34. The molecule has 1 aliphatic rings. The quantitative estimate of drug-likeness (QED) is 0.321. The van der Waals surface area contributed by atoms with Crippen molar-refractivity contribution in [2.24, 2.45) is 0 Å². The first kappa shape index (κ1) is 27.2. The predicted molar refractivity (Wildman–Crippen MR) is 144 cm³/mol. The average Bonchev–Trinajstić information content (AvgIpc) is 3.09. The third-order valence-electron chi connectivity index (χ3n) is 6.28. The molecule has 1 aliphatic carbocycles. The number of benzene rings is 2. The smallest absolute Gasteiger partial charge is 0.338 e. The minimum absolute atomic E-state index is 0.0115. The summed E-state index contributed by atoms with van der Waals surface area (Å²) in [4.78, 5) is 26.2. The lowest BCUT2D eigenvalue weighted by molar-refractivity contribution is -0.119. The molecule has 0 saturated heterocycles. The monoisotopic (exact) mass is 553 g/mol. The molecule has 1 aromatic heterocycles. The Morgan fingerprint density at radius 3 is 2.55 bits per heavy atom. The standard InChI is InChI=1S/C27H27N3O6S2/c1-30(19-11-13-20(35-2)14-12-19)38(33,34)21-8-6-7-18(15-21)27(32)36-17-25(31)29-26-23(16-28)22-9-4-3-5-10-24(22)37-26/h6-8,11-15H,3-5,9-10,17H2,1-2H3,(H,29,31). The maximum absolute atomic E-state index is 13.1. The number of amides is 1. The molecule has 1 N–H and O–H groups in total. The number of methoxy groups -OCH3 is 1. The number of carbonyl (C=O) groups is 2. The van der Waals surface area contributed by atoms with Crippen LogP contribution < -0.4 is 14.4 Å². The van der Waals surface area contributed by atoms with Gasteiger partial charge in [0, 0.05) is 11.9 Å². The highest BCUT2D eigenvalue weighted by atomic mass is 32.2. The molecular formula is C27H27N3O6S2. The van der Waals surface area contributed by atoms with Gasteiger partial charge in [-0.05, 0) is 73.7 Å². The summed E-state index contributed by atoms with van der Waals surface area (Å²) in [5.74, 6) is -0.827. The van der Waals surface area contributed by atoms with E-state index in [1.807, 2.05) is 0 Å². The zero-order chi connectivity index (χ0) is 27.3. The van der Waals surface area contributed by atoms with Gasteiger partial charge in [0.25, 0.3) is 15.9 Å². The summed E-state index contributed by atoms with van der Waals surface area (Å²) < 4.78 is 37.6. The van der Waals surface area contributed by atoms with Crippen molar-refractivity contribution >= 4 is 43.9 Å². The van der Waals surface area contributed by atoms with Crippen LogP contribution in [0.3, 0.4) is 0 Å². The Morgan fingerprint density at radius 1 is 1.11 bits per heavy atom. The zero-order valence-electron chi connectivity index (χ0n) is 21.0. The number of carbonyl (C=O) groups excluding carboxylic acids is 2. The van der Waals surface area contributed by atoms with E-state index in [-0.39, 0.29) is 10.5 Å². The SMILES string of the molecule is COc1ccc(N(C)S(=O)(=O)c2cccc(C(=O)OCC(=O)Nc3sc4c(c3C#N)CCCCC4)c2)cc1. The van der Waals surface area contributed by atoms with Crippen LogP contribution in [0, 0.1) is 11.3 Å². The molecule has 2 aromatic carbocycles. The molecule has 3 aromatic rings. The molecule has 0 unspecified atom stereocenters. The van der Waals surface area contributed by atoms with Crippen molar-refractivity contribution in [2.75, 3.05) is 30.4 Å². The summed E-state index contributed by atoms with van der Waals surface area (Å²) in [6.07, 6.45) is 4.87. The van der Waals surface area contributed by atoms with Crippen LogP contribution in [-0.4, -0.2) is 41.1 Å². The van der Waals surface area contributed by atoms with E-state index in [1.54, 1.807) is 24.3 Å². The lowest BCUT2D eigenvalue weighted by atomic mass is 10.1. The molecule has 9 nitrogen and oxygen atoms in total. The first-order valence-electron chi connectivity index (χ1n) is 12.0. The number of hydrogen-bond acceptors (Lipinski definition) is 8. The molecule has 0 bridgehead atoms. The van der Waals surface area contributed by atoms with Gasteiger partial charge in [0.15, 0.2) is 6.61 Å². The van der Waals surface area contributed by atoms with Gasteiger partial charge >= 0.3 is 5.97 Å². The van der Waals surface area contributed by atoms with E-state index < -0.39 is 28.5 Å². The molecule has 0 saturated carbocycles. The van der Waals surface area contributed by atoms with Crippen molar-refractivity contribution in [1.29, 1.82) is 5.26 Å². The number of nitrogens with zero attached hydrogens (tertiary/aromatic N) is 2. The van der Waals surface area contributed by atoms with Gasteiger partial charge in [-0.2, -0.15) is 5.26 Å². The first-order valence-corrected chi connectivity index (χ1v) is 14.2. The maximum atomic E-state index is 13.1. The van der Waals surface area contributed by atoms with Crippen LogP contribution in [0.5, 0.6) is 5.75 Å². The molecule has 0 atom stereocenters. The third-order valence-corrected chi connectivity index (χ3v) is 9.27. The van der Waals surface area contributed by atoms with E-state index in [1.165, 1.54) is 49.8 Å². The summed E-state index contributed by atoms with van der Waals surface area (Å²) in [7, 11) is -1.05. The van der Waals surface area contributed by atoms with E-state index >= 15 is 0 Å². The fraction of sp³-hybridized carbons (Fsp3) is 0.296. The Hall–Kier alpha value is -3.88. The van der Waals surface area contributed by atoms with Crippen LogP contribution in [0.25, 0.3) is 0 Å². The number of rotatable bonds is 8. The fourth-order valence-electron chi connectivity index (χ4n) is 4.20. The number of nitrogens with one attached hydrogen (secondary N) is 1. The molecule has 38 heavy (non-hydrogen) atoms. The Morgan fingerprint density at radius 2 is 1.84 bits per heavy atom. The fourth-order valence-corrected chi connectivity index (χ4v) is 6.70. The number of thiophene rings is 1. The van der Waals surface area contributed by atoms with Crippen molar-refractivity contribution in [2.45, 2.75) is 37.0 Å². The second-order valence-corrected chi connectivity index (χ2v) is 11.8. The number of fused-ring (bicyclic) bond motifs is 1. The van der Waals surface area contributed by atoms with Crippen LogP contribution >= 0.6 is 11.3 Å². The molecule has 4 rings (SSSR count). The molecule has 0 radical (unpaired) electrons. The van der Waals surface area contributed by atoms with E-state index in [0.717, 1.165) is 46.8 Å². The number of ether oxygens (including phenoxy) is 2. The van der Waals surface area contributed by atoms with Crippen LogP contribution in [0.15, 0.2) is 53.4 Å². The lowest BCUT2D eigenvalue weighted by Gasteiger charge is -2.20. The summed E-state index contributed by atoms with van der Waals surface area (Å²) >= 11 is 1.39. The van der Waals surface area contributed by atoms with Gasteiger partial charge in [-0.3, -0.25) is 9.10 Å².